The predicted octanol–water partition coefficient (Wildman–Crippen LogP) is 4.59. The molecule has 1 aliphatic rings. The molecule has 0 aliphatic carbocycles. The topological polar surface area (TPSA) is 41.9 Å². The quantitative estimate of drug-likeness (QED) is 0.806. The Morgan fingerprint density at radius 1 is 1.16 bits per heavy atom. The van der Waals surface area contributed by atoms with E-state index in [4.69, 9.17) is 16.3 Å². The summed E-state index contributed by atoms with van der Waals surface area (Å²) in [6, 6.07) is 17.3. The number of Topliss-reactive ketones (excluding diaryl/α,β-unsaturated/α-hetero) is 1. The monoisotopic (exact) mass is 354 g/mol. The van der Waals surface area contributed by atoms with Crippen LogP contribution < -0.4 is 4.90 Å². The molecule has 2 aromatic carbocycles. The number of hydrogen-bond acceptors (Lipinski definition) is 4. The molecule has 5 heteroatoms. The number of aliphatic imine (C=N–C) groups is 1. The lowest BCUT2D eigenvalue weighted by Gasteiger charge is -2.31. The molecule has 1 heterocycles. The highest BCUT2D eigenvalue weighted by Crippen LogP contribution is 2.30. The van der Waals surface area contributed by atoms with Crippen LogP contribution in [0.1, 0.15) is 19.4 Å². The summed E-state index contributed by atoms with van der Waals surface area (Å²) < 4.78 is 5.83. The molecular weight excluding hydrogens is 336 g/mol. The van der Waals surface area contributed by atoms with Crippen molar-refractivity contribution in [2.45, 2.75) is 26.6 Å². The molecule has 4 nitrogen and oxygen atoms in total. The van der Waals surface area contributed by atoms with Gasteiger partial charge in [-0.2, -0.15) is 0 Å². The molecule has 0 amide bonds. The van der Waals surface area contributed by atoms with E-state index in [0.717, 1.165) is 11.3 Å². The molecule has 0 radical (unpaired) electrons. The fourth-order valence-electron chi connectivity index (χ4n) is 2.62. The molecule has 128 valence electrons. The highest BCUT2D eigenvalue weighted by Gasteiger charge is 2.26. The number of halogens is 1. The molecule has 3 rings (SSSR count). The van der Waals surface area contributed by atoms with Crippen molar-refractivity contribution < 1.29 is 9.53 Å². The summed E-state index contributed by atoms with van der Waals surface area (Å²) in [5.41, 5.74) is 2.27. The van der Waals surface area contributed by atoms with Crippen LogP contribution in [-0.2, 0) is 16.1 Å². The highest BCUT2D eigenvalue weighted by molar-refractivity contribution is 6.33. The Morgan fingerprint density at radius 2 is 1.84 bits per heavy atom. The molecule has 0 spiro atoms. The molecule has 0 N–H and O–H groups in total. The number of para-hydroxylation sites is 1. The number of carbonyl (C=O) groups excluding carboxylic acids is 1. The minimum atomic E-state index is -0.228. The third kappa shape index (κ3) is 3.91. The van der Waals surface area contributed by atoms with Crippen molar-refractivity contribution in [2.24, 2.45) is 4.99 Å². The van der Waals surface area contributed by atoms with Crippen LogP contribution in [0, 0.1) is 0 Å². The van der Waals surface area contributed by atoms with Crippen LogP contribution in [-0.4, -0.2) is 17.8 Å². The van der Waals surface area contributed by atoms with E-state index in [-0.39, 0.29) is 11.9 Å². The second kappa shape index (κ2) is 7.53. The van der Waals surface area contributed by atoms with E-state index in [1.165, 1.54) is 6.92 Å². The SMILES string of the molecule is CC(=O)C1=CN(c2ccccc2Cl)C(C)N=C1OCc1ccccc1. The fraction of sp³-hybridized carbons (Fsp3) is 0.200. The van der Waals surface area contributed by atoms with Gasteiger partial charge < -0.3 is 9.64 Å². The first kappa shape index (κ1) is 17.2. The zero-order valence-corrected chi connectivity index (χ0v) is 14.9. The van der Waals surface area contributed by atoms with Crippen molar-refractivity contribution >= 4 is 29.0 Å². The van der Waals surface area contributed by atoms with Crippen molar-refractivity contribution in [1.29, 1.82) is 0 Å². The summed E-state index contributed by atoms with van der Waals surface area (Å²) >= 11 is 6.29. The lowest BCUT2D eigenvalue weighted by atomic mass is 10.1. The van der Waals surface area contributed by atoms with Crippen LogP contribution in [0.15, 0.2) is 71.4 Å². The van der Waals surface area contributed by atoms with Gasteiger partial charge in [0.1, 0.15) is 12.8 Å². The van der Waals surface area contributed by atoms with E-state index in [9.17, 15) is 4.79 Å². The van der Waals surface area contributed by atoms with Crippen LogP contribution in [0.3, 0.4) is 0 Å². The predicted molar refractivity (Wildman–Crippen MR) is 101 cm³/mol. The van der Waals surface area contributed by atoms with Gasteiger partial charge in [0.15, 0.2) is 5.78 Å². The molecule has 1 aliphatic heterocycles. The van der Waals surface area contributed by atoms with Gasteiger partial charge in [-0.3, -0.25) is 4.79 Å². The number of nitrogens with zero attached hydrogens (tertiary/aromatic N) is 2. The number of rotatable bonds is 4. The normalized spacial score (nSPS) is 16.9. The number of hydrogen-bond donors (Lipinski definition) is 0. The number of ether oxygens (including phenoxy) is 1. The van der Waals surface area contributed by atoms with Crippen molar-refractivity contribution in [3.63, 3.8) is 0 Å². The Bertz CT molecular complexity index is 831. The van der Waals surface area contributed by atoms with Gasteiger partial charge in [0.05, 0.1) is 16.3 Å². The molecule has 0 fully saturated rings. The first-order chi connectivity index (χ1) is 12.1. The van der Waals surface area contributed by atoms with E-state index in [1.807, 2.05) is 66.4 Å². The Labute approximate surface area is 152 Å². The largest absolute Gasteiger partial charge is 0.472 e. The van der Waals surface area contributed by atoms with Gasteiger partial charge in [-0.15, -0.1) is 0 Å². The standard InChI is InChI=1S/C20H19ClN2O2/c1-14(24)17-12-23(19-11-7-6-10-18(19)21)15(2)22-20(17)25-13-16-8-4-3-5-9-16/h3-12,15H,13H2,1-2H3. The number of carbonyl (C=O) groups is 1. The van der Waals surface area contributed by atoms with E-state index in [2.05, 4.69) is 4.99 Å². The second-order valence-electron chi connectivity index (χ2n) is 5.80. The Hall–Kier alpha value is -2.59. The average Bonchev–Trinajstić information content (AvgIpc) is 2.61. The summed E-state index contributed by atoms with van der Waals surface area (Å²) in [6.07, 6.45) is 1.54. The van der Waals surface area contributed by atoms with Crippen molar-refractivity contribution in [1.82, 2.24) is 0 Å². The third-order valence-electron chi connectivity index (χ3n) is 3.93. The summed E-state index contributed by atoms with van der Waals surface area (Å²) in [7, 11) is 0. The molecule has 0 aromatic heterocycles. The maximum absolute atomic E-state index is 12.1. The number of benzene rings is 2. The number of anilines is 1. The summed E-state index contributed by atoms with van der Waals surface area (Å²) in [4.78, 5) is 18.6. The molecule has 1 unspecified atom stereocenters. The minimum Gasteiger partial charge on any atom is -0.472 e. The average molecular weight is 355 g/mol. The van der Waals surface area contributed by atoms with E-state index < -0.39 is 0 Å². The summed E-state index contributed by atoms with van der Waals surface area (Å²) in [6.45, 7) is 3.81. The first-order valence-electron chi connectivity index (χ1n) is 8.07. The van der Waals surface area contributed by atoms with Crippen molar-refractivity contribution in [2.75, 3.05) is 4.90 Å². The second-order valence-corrected chi connectivity index (χ2v) is 6.21. The molecule has 1 atom stereocenters. The minimum absolute atomic E-state index is 0.101. The number of ketones is 1. The summed E-state index contributed by atoms with van der Waals surface area (Å²) in [5, 5.41) is 0.609. The van der Waals surface area contributed by atoms with Gasteiger partial charge in [-0.05, 0) is 31.5 Å². The Balaban J connectivity index is 1.86. The maximum atomic E-state index is 12.1. The summed E-state index contributed by atoms with van der Waals surface area (Å²) in [5.74, 6) is 0.267. The molecular formula is C20H19ClN2O2. The van der Waals surface area contributed by atoms with E-state index in [1.54, 1.807) is 6.20 Å². The third-order valence-corrected chi connectivity index (χ3v) is 4.25. The lowest BCUT2D eigenvalue weighted by Crippen LogP contribution is -2.35. The van der Waals surface area contributed by atoms with Gasteiger partial charge in [-0.1, -0.05) is 54.1 Å². The van der Waals surface area contributed by atoms with Gasteiger partial charge >= 0.3 is 0 Å². The lowest BCUT2D eigenvalue weighted by molar-refractivity contribution is -0.113. The molecule has 0 saturated heterocycles. The van der Waals surface area contributed by atoms with Crippen LogP contribution in [0.5, 0.6) is 0 Å². The van der Waals surface area contributed by atoms with E-state index >= 15 is 0 Å². The molecule has 2 aromatic rings. The first-order valence-corrected chi connectivity index (χ1v) is 8.44. The van der Waals surface area contributed by atoms with Gasteiger partial charge in [0, 0.05) is 6.20 Å². The Kier molecular flexibility index (Phi) is 5.19. The van der Waals surface area contributed by atoms with Gasteiger partial charge in [-0.25, -0.2) is 4.99 Å². The van der Waals surface area contributed by atoms with Crippen LogP contribution in [0.25, 0.3) is 0 Å². The van der Waals surface area contributed by atoms with E-state index in [0.29, 0.717) is 23.1 Å². The maximum Gasteiger partial charge on any atom is 0.223 e. The zero-order chi connectivity index (χ0) is 17.8. The van der Waals surface area contributed by atoms with Crippen LogP contribution >= 0.6 is 11.6 Å². The Morgan fingerprint density at radius 3 is 2.52 bits per heavy atom. The van der Waals surface area contributed by atoms with Crippen LogP contribution in [0.2, 0.25) is 5.02 Å². The van der Waals surface area contributed by atoms with Crippen LogP contribution in [0.4, 0.5) is 5.69 Å². The van der Waals surface area contributed by atoms with Crippen molar-refractivity contribution in [3.05, 3.63) is 77.0 Å². The smallest absolute Gasteiger partial charge is 0.223 e. The fourth-order valence-corrected chi connectivity index (χ4v) is 2.85. The van der Waals surface area contributed by atoms with Gasteiger partial charge in [0.25, 0.3) is 0 Å². The van der Waals surface area contributed by atoms with Gasteiger partial charge in [0.2, 0.25) is 5.90 Å². The van der Waals surface area contributed by atoms with Crippen molar-refractivity contribution in [3.8, 4) is 0 Å². The molecule has 25 heavy (non-hydrogen) atoms. The highest BCUT2D eigenvalue weighted by atomic mass is 35.5. The molecule has 0 bridgehead atoms. The molecule has 0 saturated carbocycles. The zero-order valence-electron chi connectivity index (χ0n) is 14.1.